The van der Waals surface area contributed by atoms with Crippen molar-refractivity contribution in [1.82, 2.24) is 10.2 Å². The summed E-state index contributed by atoms with van der Waals surface area (Å²) in [6.07, 6.45) is 4.55. The van der Waals surface area contributed by atoms with Crippen molar-refractivity contribution < 1.29 is 9.18 Å². The number of benzene rings is 2. The maximum atomic E-state index is 13.3. The lowest BCUT2D eigenvalue weighted by molar-refractivity contribution is -0.123. The molecule has 0 saturated heterocycles. The van der Waals surface area contributed by atoms with Gasteiger partial charge in [-0.3, -0.25) is 9.69 Å². The Kier molecular flexibility index (Phi) is 5.82. The lowest BCUT2D eigenvalue weighted by Gasteiger charge is -2.29. The fraction of sp³-hybridized carbons (Fsp3) is 0.381. The van der Waals surface area contributed by atoms with Gasteiger partial charge in [0.15, 0.2) is 0 Å². The number of nitrogens with one attached hydrogen (secondary N) is 1. The fourth-order valence-electron chi connectivity index (χ4n) is 3.64. The van der Waals surface area contributed by atoms with Gasteiger partial charge in [0.2, 0.25) is 5.91 Å². The first-order valence-corrected chi connectivity index (χ1v) is 8.93. The first kappa shape index (κ1) is 17.6. The number of nitrogens with zero attached hydrogens (tertiary/aromatic N) is 1. The smallest absolute Gasteiger partial charge is 0.234 e. The summed E-state index contributed by atoms with van der Waals surface area (Å²) in [4.78, 5) is 14.4. The van der Waals surface area contributed by atoms with Gasteiger partial charge >= 0.3 is 0 Å². The zero-order chi connectivity index (χ0) is 17.6. The van der Waals surface area contributed by atoms with Crippen LogP contribution < -0.4 is 5.32 Å². The van der Waals surface area contributed by atoms with E-state index in [1.165, 1.54) is 25.0 Å². The molecule has 0 radical (unpaired) electrons. The molecule has 1 saturated carbocycles. The van der Waals surface area contributed by atoms with E-state index in [0.29, 0.717) is 12.6 Å². The van der Waals surface area contributed by atoms with Gasteiger partial charge in [0.05, 0.1) is 12.6 Å². The lowest BCUT2D eigenvalue weighted by atomic mass is 9.97. The molecule has 1 aliphatic carbocycles. The van der Waals surface area contributed by atoms with E-state index in [0.717, 1.165) is 24.0 Å². The number of carbonyl (C=O) groups is 1. The van der Waals surface area contributed by atoms with Crippen molar-refractivity contribution in [3.8, 4) is 0 Å². The normalized spacial score (nSPS) is 16.1. The molecule has 1 aliphatic rings. The molecule has 1 atom stereocenters. The van der Waals surface area contributed by atoms with Crippen LogP contribution in [0.1, 0.15) is 42.9 Å². The summed E-state index contributed by atoms with van der Waals surface area (Å²) in [5.74, 6) is -0.199. The second-order valence-corrected chi connectivity index (χ2v) is 6.83. The van der Waals surface area contributed by atoms with Crippen LogP contribution in [0.25, 0.3) is 0 Å². The molecule has 4 heteroatoms. The number of carbonyl (C=O) groups excluding carboxylic acids is 1. The first-order chi connectivity index (χ1) is 12.1. The third kappa shape index (κ3) is 4.67. The summed E-state index contributed by atoms with van der Waals surface area (Å²) in [5.41, 5.74) is 2.06. The maximum Gasteiger partial charge on any atom is 0.234 e. The van der Waals surface area contributed by atoms with Gasteiger partial charge in [-0.05, 0) is 43.1 Å². The Morgan fingerprint density at radius 2 is 1.68 bits per heavy atom. The molecule has 0 bridgehead atoms. The molecule has 3 nitrogen and oxygen atoms in total. The van der Waals surface area contributed by atoms with Crippen LogP contribution in [0.4, 0.5) is 4.39 Å². The maximum absolute atomic E-state index is 13.3. The molecular formula is C21H25FN2O. The zero-order valence-electron chi connectivity index (χ0n) is 14.6. The molecule has 1 fully saturated rings. The highest BCUT2D eigenvalue weighted by atomic mass is 19.1. The molecule has 0 heterocycles. The number of amides is 1. The Labute approximate surface area is 148 Å². The molecule has 2 aromatic rings. The van der Waals surface area contributed by atoms with Crippen LogP contribution in [0.5, 0.6) is 0 Å². The monoisotopic (exact) mass is 340 g/mol. The van der Waals surface area contributed by atoms with E-state index < -0.39 is 0 Å². The number of rotatable bonds is 6. The Morgan fingerprint density at radius 1 is 1.08 bits per heavy atom. The SMILES string of the molecule is CN(CC(=O)NC1CCCC1)C(c1ccccc1)c1ccc(F)cc1. The molecule has 132 valence electrons. The Morgan fingerprint density at radius 3 is 2.32 bits per heavy atom. The summed E-state index contributed by atoms with van der Waals surface area (Å²) < 4.78 is 13.3. The van der Waals surface area contributed by atoms with Gasteiger partial charge in [-0.1, -0.05) is 55.3 Å². The molecule has 2 aromatic carbocycles. The largest absolute Gasteiger partial charge is 0.352 e. The molecule has 1 N–H and O–H groups in total. The fourth-order valence-corrected chi connectivity index (χ4v) is 3.64. The minimum Gasteiger partial charge on any atom is -0.352 e. The zero-order valence-corrected chi connectivity index (χ0v) is 14.6. The third-order valence-corrected chi connectivity index (χ3v) is 4.86. The van der Waals surface area contributed by atoms with Crippen LogP contribution >= 0.6 is 0 Å². The van der Waals surface area contributed by atoms with Crippen LogP contribution in [-0.4, -0.2) is 30.4 Å². The van der Waals surface area contributed by atoms with Crippen molar-refractivity contribution >= 4 is 5.91 Å². The van der Waals surface area contributed by atoms with Gasteiger partial charge < -0.3 is 5.32 Å². The molecule has 0 spiro atoms. The number of likely N-dealkylation sites (N-methyl/N-ethyl adjacent to an activating group) is 1. The summed E-state index contributed by atoms with van der Waals surface area (Å²) in [7, 11) is 1.94. The number of hydrogen-bond acceptors (Lipinski definition) is 2. The Bertz CT molecular complexity index is 681. The quantitative estimate of drug-likeness (QED) is 0.865. The molecule has 1 unspecified atom stereocenters. The van der Waals surface area contributed by atoms with Crippen molar-refractivity contribution in [2.45, 2.75) is 37.8 Å². The van der Waals surface area contributed by atoms with Crippen molar-refractivity contribution in [2.24, 2.45) is 0 Å². The van der Waals surface area contributed by atoms with Gasteiger partial charge in [0, 0.05) is 6.04 Å². The van der Waals surface area contributed by atoms with E-state index in [9.17, 15) is 9.18 Å². The van der Waals surface area contributed by atoms with Crippen molar-refractivity contribution in [3.05, 3.63) is 71.5 Å². The first-order valence-electron chi connectivity index (χ1n) is 8.93. The van der Waals surface area contributed by atoms with Gasteiger partial charge in [0.1, 0.15) is 5.82 Å². The number of halogens is 1. The van der Waals surface area contributed by atoms with Gasteiger partial charge in [-0.15, -0.1) is 0 Å². The van der Waals surface area contributed by atoms with Crippen molar-refractivity contribution in [2.75, 3.05) is 13.6 Å². The highest BCUT2D eigenvalue weighted by Crippen LogP contribution is 2.27. The van der Waals surface area contributed by atoms with Gasteiger partial charge in [-0.2, -0.15) is 0 Å². The van der Waals surface area contributed by atoms with Crippen LogP contribution in [0.3, 0.4) is 0 Å². The van der Waals surface area contributed by atoms with Crippen LogP contribution in [0.2, 0.25) is 0 Å². The molecule has 3 rings (SSSR count). The highest BCUT2D eigenvalue weighted by Gasteiger charge is 2.23. The van der Waals surface area contributed by atoms with E-state index in [1.807, 2.05) is 42.3 Å². The van der Waals surface area contributed by atoms with E-state index in [1.54, 1.807) is 12.1 Å². The standard InChI is InChI=1S/C21H25FN2O/c1-24(15-20(25)23-19-9-5-6-10-19)21(16-7-3-2-4-8-16)17-11-13-18(22)14-12-17/h2-4,7-8,11-14,19,21H,5-6,9-10,15H2,1H3,(H,23,25). The lowest BCUT2D eigenvalue weighted by Crippen LogP contribution is -2.41. The van der Waals surface area contributed by atoms with Gasteiger partial charge in [0.25, 0.3) is 0 Å². The van der Waals surface area contributed by atoms with Crippen LogP contribution in [0, 0.1) is 5.82 Å². The van der Waals surface area contributed by atoms with E-state index in [2.05, 4.69) is 5.32 Å². The molecule has 1 amide bonds. The number of hydrogen-bond donors (Lipinski definition) is 1. The summed E-state index contributed by atoms with van der Waals surface area (Å²) in [5, 5.41) is 3.14. The Hall–Kier alpha value is -2.20. The van der Waals surface area contributed by atoms with Crippen LogP contribution in [0.15, 0.2) is 54.6 Å². The van der Waals surface area contributed by atoms with Crippen molar-refractivity contribution in [1.29, 1.82) is 0 Å². The second kappa shape index (κ2) is 8.26. The van der Waals surface area contributed by atoms with Crippen molar-refractivity contribution in [3.63, 3.8) is 0 Å². The average molecular weight is 340 g/mol. The summed E-state index contributed by atoms with van der Waals surface area (Å²) in [6, 6.07) is 16.8. The molecule has 0 aliphatic heterocycles. The van der Waals surface area contributed by atoms with E-state index in [-0.39, 0.29) is 17.8 Å². The summed E-state index contributed by atoms with van der Waals surface area (Å²) in [6.45, 7) is 0.313. The van der Waals surface area contributed by atoms with E-state index >= 15 is 0 Å². The minimum absolute atomic E-state index is 0.0532. The minimum atomic E-state index is -0.253. The van der Waals surface area contributed by atoms with E-state index in [4.69, 9.17) is 0 Å². The highest BCUT2D eigenvalue weighted by molar-refractivity contribution is 5.78. The molecule has 0 aromatic heterocycles. The Balaban J connectivity index is 1.76. The average Bonchev–Trinajstić information content (AvgIpc) is 3.10. The predicted molar refractivity (Wildman–Crippen MR) is 97.7 cm³/mol. The molecule has 25 heavy (non-hydrogen) atoms. The van der Waals surface area contributed by atoms with Gasteiger partial charge in [-0.25, -0.2) is 4.39 Å². The second-order valence-electron chi connectivity index (χ2n) is 6.83. The molecular weight excluding hydrogens is 315 g/mol. The van der Waals surface area contributed by atoms with Crippen LogP contribution in [-0.2, 0) is 4.79 Å². The summed E-state index contributed by atoms with van der Waals surface area (Å²) >= 11 is 0. The third-order valence-electron chi connectivity index (χ3n) is 4.86. The topological polar surface area (TPSA) is 32.3 Å². The predicted octanol–water partition coefficient (Wildman–Crippen LogP) is 3.91.